The molecule has 0 aliphatic rings. The standard InChI is InChI=1S/C9H16O2/c1-4-5-9(11)6-7(2)8(3)10/h6,9,11H,4-5H2,1-3H3. The molecule has 0 aliphatic heterocycles. The molecule has 2 heteroatoms. The van der Waals surface area contributed by atoms with Crippen LogP contribution in [0.2, 0.25) is 0 Å². The number of aliphatic hydroxyl groups excluding tert-OH is 1. The highest BCUT2D eigenvalue weighted by Gasteiger charge is 2.01. The molecule has 0 aliphatic carbocycles. The van der Waals surface area contributed by atoms with Gasteiger partial charge in [-0.3, -0.25) is 4.79 Å². The number of allylic oxidation sites excluding steroid dienone is 1. The number of rotatable bonds is 4. The Morgan fingerprint density at radius 1 is 1.55 bits per heavy atom. The second-order valence-electron chi connectivity index (χ2n) is 2.76. The van der Waals surface area contributed by atoms with E-state index in [1.807, 2.05) is 6.92 Å². The van der Waals surface area contributed by atoms with E-state index in [1.54, 1.807) is 13.0 Å². The van der Waals surface area contributed by atoms with Gasteiger partial charge in [0.05, 0.1) is 6.10 Å². The molecule has 0 spiro atoms. The van der Waals surface area contributed by atoms with Crippen LogP contribution < -0.4 is 0 Å². The van der Waals surface area contributed by atoms with Crippen molar-refractivity contribution in [2.75, 3.05) is 0 Å². The summed E-state index contributed by atoms with van der Waals surface area (Å²) in [7, 11) is 0. The number of Topliss-reactive ketones (excluding diaryl/α,β-unsaturated/α-hetero) is 1. The molecule has 2 nitrogen and oxygen atoms in total. The monoisotopic (exact) mass is 156 g/mol. The lowest BCUT2D eigenvalue weighted by atomic mass is 10.1. The van der Waals surface area contributed by atoms with Crippen molar-refractivity contribution in [3.63, 3.8) is 0 Å². The summed E-state index contributed by atoms with van der Waals surface area (Å²) in [6, 6.07) is 0. The maximum atomic E-state index is 10.7. The Morgan fingerprint density at radius 2 is 2.09 bits per heavy atom. The molecular weight excluding hydrogens is 140 g/mol. The van der Waals surface area contributed by atoms with Crippen molar-refractivity contribution >= 4 is 5.78 Å². The summed E-state index contributed by atoms with van der Waals surface area (Å²) in [6.07, 6.45) is 2.82. The van der Waals surface area contributed by atoms with Crippen LogP contribution in [0.5, 0.6) is 0 Å². The van der Waals surface area contributed by atoms with Crippen molar-refractivity contribution in [2.45, 2.75) is 39.7 Å². The third kappa shape index (κ3) is 4.73. The summed E-state index contributed by atoms with van der Waals surface area (Å²) < 4.78 is 0. The highest BCUT2D eigenvalue weighted by molar-refractivity contribution is 5.92. The van der Waals surface area contributed by atoms with Crippen molar-refractivity contribution < 1.29 is 9.90 Å². The van der Waals surface area contributed by atoms with E-state index in [1.165, 1.54) is 6.92 Å². The Balaban J connectivity index is 3.96. The van der Waals surface area contributed by atoms with Gasteiger partial charge in [0.15, 0.2) is 5.78 Å². The molecule has 0 aromatic carbocycles. The summed E-state index contributed by atoms with van der Waals surface area (Å²) in [5, 5.41) is 9.24. The summed E-state index contributed by atoms with van der Waals surface area (Å²) >= 11 is 0. The topological polar surface area (TPSA) is 37.3 Å². The fourth-order valence-electron chi connectivity index (χ4n) is 0.785. The molecule has 0 saturated heterocycles. The zero-order valence-corrected chi connectivity index (χ0v) is 7.42. The Hall–Kier alpha value is -0.630. The molecule has 0 bridgehead atoms. The predicted octanol–water partition coefficient (Wildman–Crippen LogP) is 1.68. The van der Waals surface area contributed by atoms with E-state index in [2.05, 4.69) is 0 Å². The molecular formula is C9H16O2. The number of carbonyl (C=O) groups is 1. The third-order valence-corrected chi connectivity index (χ3v) is 1.58. The highest BCUT2D eigenvalue weighted by Crippen LogP contribution is 2.02. The van der Waals surface area contributed by atoms with Gasteiger partial charge in [-0.2, -0.15) is 0 Å². The molecule has 11 heavy (non-hydrogen) atoms. The van der Waals surface area contributed by atoms with Gasteiger partial charge in [0.25, 0.3) is 0 Å². The molecule has 1 atom stereocenters. The molecule has 0 heterocycles. The molecule has 0 amide bonds. The maximum absolute atomic E-state index is 10.7. The quantitative estimate of drug-likeness (QED) is 0.629. The van der Waals surface area contributed by atoms with Gasteiger partial charge >= 0.3 is 0 Å². The van der Waals surface area contributed by atoms with Gasteiger partial charge in [0, 0.05) is 0 Å². The van der Waals surface area contributed by atoms with Crippen LogP contribution in [0.15, 0.2) is 11.6 Å². The first-order valence-corrected chi connectivity index (χ1v) is 3.95. The number of hydrogen-bond acceptors (Lipinski definition) is 2. The van der Waals surface area contributed by atoms with Crippen LogP contribution in [0.1, 0.15) is 33.6 Å². The molecule has 0 fully saturated rings. The van der Waals surface area contributed by atoms with E-state index in [4.69, 9.17) is 0 Å². The summed E-state index contributed by atoms with van der Waals surface area (Å²) in [4.78, 5) is 10.7. The summed E-state index contributed by atoms with van der Waals surface area (Å²) in [5.74, 6) is 0.0279. The Labute approximate surface area is 67.9 Å². The molecule has 1 unspecified atom stereocenters. The van der Waals surface area contributed by atoms with Gasteiger partial charge in [-0.25, -0.2) is 0 Å². The van der Waals surface area contributed by atoms with Gasteiger partial charge in [-0.15, -0.1) is 0 Å². The average Bonchev–Trinajstić information content (AvgIpc) is 1.87. The molecule has 0 aromatic rings. The minimum Gasteiger partial charge on any atom is -0.389 e. The average molecular weight is 156 g/mol. The SMILES string of the molecule is CCCC(O)C=C(C)C(C)=O. The van der Waals surface area contributed by atoms with Crippen LogP contribution in [0, 0.1) is 0 Å². The fraction of sp³-hybridized carbons (Fsp3) is 0.667. The minimum atomic E-state index is -0.455. The predicted molar refractivity (Wildman–Crippen MR) is 45.4 cm³/mol. The first-order chi connectivity index (χ1) is 5.07. The van der Waals surface area contributed by atoms with E-state index in [0.29, 0.717) is 5.57 Å². The lowest BCUT2D eigenvalue weighted by Gasteiger charge is -2.03. The number of aliphatic hydroxyl groups is 1. The molecule has 0 radical (unpaired) electrons. The molecule has 1 N–H and O–H groups in total. The maximum Gasteiger partial charge on any atom is 0.155 e. The first kappa shape index (κ1) is 10.4. The van der Waals surface area contributed by atoms with Gasteiger partial charge in [0.1, 0.15) is 0 Å². The van der Waals surface area contributed by atoms with Crippen LogP contribution in [0.25, 0.3) is 0 Å². The van der Waals surface area contributed by atoms with Crippen molar-refractivity contribution in [1.82, 2.24) is 0 Å². The highest BCUT2D eigenvalue weighted by atomic mass is 16.3. The van der Waals surface area contributed by atoms with Crippen LogP contribution >= 0.6 is 0 Å². The van der Waals surface area contributed by atoms with E-state index in [-0.39, 0.29) is 5.78 Å². The molecule has 0 saturated carbocycles. The zero-order chi connectivity index (χ0) is 8.85. The van der Waals surface area contributed by atoms with Crippen molar-refractivity contribution in [3.8, 4) is 0 Å². The number of ketones is 1. The second kappa shape index (κ2) is 5.08. The van der Waals surface area contributed by atoms with E-state index < -0.39 is 6.10 Å². The van der Waals surface area contributed by atoms with Crippen molar-refractivity contribution in [2.24, 2.45) is 0 Å². The Kier molecular flexibility index (Phi) is 4.79. The van der Waals surface area contributed by atoms with Gasteiger partial charge in [-0.05, 0) is 31.9 Å². The number of carbonyl (C=O) groups excluding carboxylic acids is 1. The van der Waals surface area contributed by atoms with Crippen LogP contribution in [-0.2, 0) is 4.79 Å². The third-order valence-electron chi connectivity index (χ3n) is 1.58. The lowest BCUT2D eigenvalue weighted by Crippen LogP contribution is -2.04. The van der Waals surface area contributed by atoms with Gasteiger partial charge in [-0.1, -0.05) is 13.3 Å². The van der Waals surface area contributed by atoms with E-state index >= 15 is 0 Å². The molecule has 64 valence electrons. The van der Waals surface area contributed by atoms with Gasteiger partial charge in [0.2, 0.25) is 0 Å². The van der Waals surface area contributed by atoms with E-state index in [9.17, 15) is 9.90 Å². The zero-order valence-electron chi connectivity index (χ0n) is 7.42. The molecule has 0 rings (SSSR count). The van der Waals surface area contributed by atoms with Crippen molar-refractivity contribution in [3.05, 3.63) is 11.6 Å². The van der Waals surface area contributed by atoms with Crippen molar-refractivity contribution in [1.29, 1.82) is 0 Å². The lowest BCUT2D eigenvalue weighted by molar-refractivity contribution is -0.113. The normalized spacial score (nSPS) is 14.7. The first-order valence-electron chi connectivity index (χ1n) is 3.95. The second-order valence-corrected chi connectivity index (χ2v) is 2.76. The van der Waals surface area contributed by atoms with Gasteiger partial charge < -0.3 is 5.11 Å². The minimum absolute atomic E-state index is 0.0279. The Bertz CT molecular complexity index is 159. The summed E-state index contributed by atoms with van der Waals surface area (Å²) in [6.45, 7) is 5.23. The van der Waals surface area contributed by atoms with Crippen LogP contribution in [0.3, 0.4) is 0 Å². The van der Waals surface area contributed by atoms with Crippen LogP contribution in [0.4, 0.5) is 0 Å². The summed E-state index contributed by atoms with van der Waals surface area (Å²) in [5.41, 5.74) is 0.644. The molecule has 0 aromatic heterocycles. The largest absolute Gasteiger partial charge is 0.389 e. The number of hydrogen-bond donors (Lipinski definition) is 1. The smallest absolute Gasteiger partial charge is 0.155 e. The fourth-order valence-corrected chi connectivity index (χ4v) is 0.785. The van der Waals surface area contributed by atoms with Crippen LogP contribution in [-0.4, -0.2) is 17.0 Å². The Morgan fingerprint density at radius 3 is 2.45 bits per heavy atom. The van der Waals surface area contributed by atoms with E-state index in [0.717, 1.165) is 12.8 Å².